The molecule has 0 bridgehead atoms. The van der Waals surface area contributed by atoms with Gasteiger partial charge in [0.15, 0.2) is 5.79 Å². The third-order valence-corrected chi connectivity index (χ3v) is 3.87. The minimum atomic E-state index is -0.498. The van der Waals surface area contributed by atoms with Gasteiger partial charge < -0.3 is 19.7 Å². The second-order valence-electron chi connectivity index (χ2n) is 6.06. The molecule has 0 spiro atoms. The Balaban J connectivity index is 1.65. The summed E-state index contributed by atoms with van der Waals surface area (Å²) in [4.78, 5) is 13.7. The third-order valence-electron chi connectivity index (χ3n) is 3.87. The summed E-state index contributed by atoms with van der Waals surface area (Å²) in [6.07, 6.45) is 1.59. The van der Waals surface area contributed by atoms with Gasteiger partial charge in [-0.1, -0.05) is 6.07 Å². The van der Waals surface area contributed by atoms with Crippen LogP contribution in [0, 0.1) is 0 Å². The van der Waals surface area contributed by atoms with E-state index in [1.165, 1.54) is 0 Å². The Bertz CT molecular complexity index is 520. The molecule has 1 N–H and O–H groups in total. The van der Waals surface area contributed by atoms with Crippen molar-refractivity contribution in [2.45, 2.75) is 38.5 Å². The Hall–Kier alpha value is -1.59. The second-order valence-corrected chi connectivity index (χ2v) is 6.06. The van der Waals surface area contributed by atoms with Crippen LogP contribution in [-0.4, -0.2) is 37.5 Å². The van der Waals surface area contributed by atoms with Crippen LogP contribution in [-0.2, 0) is 14.3 Å². The highest BCUT2D eigenvalue weighted by Gasteiger charge is 2.28. The molecular formula is C16H22N2O3. The van der Waals surface area contributed by atoms with Crippen molar-refractivity contribution in [1.29, 1.82) is 0 Å². The summed E-state index contributed by atoms with van der Waals surface area (Å²) in [6, 6.07) is 8.10. The van der Waals surface area contributed by atoms with Crippen LogP contribution in [0.2, 0.25) is 0 Å². The largest absolute Gasteiger partial charge is 0.378 e. The van der Waals surface area contributed by atoms with Crippen LogP contribution in [0.15, 0.2) is 24.3 Å². The van der Waals surface area contributed by atoms with Crippen molar-refractivity contribution in [3.05, 3.63) is 24.3 Å². The van der Waals surface area contributed by atoms with Crippen LogP contribution in [0.1, 0.15) is 26.7 Å². The van der Waals surface area contributed by atoms with Gasteiger partial charge in [0.05, 0.1) is 19.3 Å². The number of hydrogen-bond acceptors (Lipinski definition) is 4. The molecule has 0 atom stereocenters. The van der Waals surface area contributed by atoms with Crippen molar-refractivity contribution in [3.8, 4) is 0 Å². The van der Waals surface area contributed by atoms with E-state index in [4.69, 9.17) is 9.47 Å². The number of nitrogens with zero attached hydrogens (tertiary/aromatic N) is 1. The van der Waals surface area contributed by atoms with E-state index in [-0.39, 0.29) is 11.9 Å². The summed E-state index contributed by atoms with van der Waals surface area (Å²) in [6.45, 7) is 5.87. The molecule has 2 aliphatic rings. The zero-order valence-electron chi connectivity index (χ0n) is 12.6. The maximum atomic E-state index is 11.8. The highest BCUT2D eigenvalue weighted by atomic mass is 16.7. The lowest BCUT2D eigenvalue weighted by Gasteiger charge is -2.35. The van der Waals surface area contributed by atoms with Gasteiger partial charge in [-0.25, -0.2) is 0 Å². The number of benzene rings is 1. The van der Waals surface area contributed by atoms with E-state index in [9.17, 15) is 4.79 Å². The summed E-state index contributed by atoms with van der Waals surface area (Å²) in [5.41, 5.74) is 1.95. The van der Waals surface area contributed by atoms with Crippen LogP contribution in [0.4, 0.5) is 11.4 Å². The summed E-state index contributed by atoms with van der Waals surface area (Å²) in [7, 11) is 0. The number of amides is 1. The van der Waals surface area contributed by atoms with Crippen LogP contribution in [0.5, 0.6) is 0 Å². The van der Waals surface area contributed by atoms with Crippen LogP contribution in [0.3, 0.4) is 0 Å². The standard InChI is InChI=1S/C16H22N2O3/c1-16(2)20-10-13(11-21-16)17-12-5-3-6-14(9-12)18-8-4-7-15(18)19/h3,5-6,9,13,17H,4,7-8,10-11H2,1-2H3. The molecule has 1 aromatic carbocycles. The van der Waals surface area contributed by atoms with E-state index in [0.717, 1.165) is 24.3 Å². The predicted octanol–water partition coefficient (Wildman–Crippen LogP) is 2.38. The van der Waals surface area contributed by atoms with Crippen LogP contribution in [0.25, 0.3) is 0 Å². The fourth-order valence-electron chi connectivity index (χ4n) is 2.70. The van der Waals surface area contributed by atoms with Crippen LogP contribution >= 0.6 is 0 Å². The fourth-order valence-corrected chi connectivity index (χ4v) is 2.70. The molecule has 0 aromatic heterocycles. The number of rotatable bonds is 3. The smallest absolute Gasteiger partial charge is 0.227 e. The molecule has 2 saturated heterocycles. The molecule has 5 nitrogen and oxygen atoms in total. The molecule has 1 amide bonds. The Kier molecular flexibility index (Phi) is 3.87. The fraction of sp³-hybridized carbons (Fsp3) is 0.562. The summed E-state index contributed by atoms with van der Waals surface area (Å²) in [5.74, 6) is -0.291. The molecule has 0 saturated carbocycles. The van der Waals surface area contributed by atoms with E-state index in [1.54, 1.807) is 0 Å². The summed E-state index contributed by atoms with van der Waals surface area (Å²) < 4.78 is 11.3. The number of carbonyl (C=O) groups is 1. The van der Waals surface area contributed by atoms with Gasteiger partial charge in [-0.15, -0.1) is 0 Å². The Morgan fingerprint density at radius 1 is 1.29 bits per heavy atom. The van der Waals surface area contributed by atoms with Gasteiger partial charge in [0.2, 0.25) is 5.91 Å². The van der Waals surface area contributed by atoms with Gasteiger partial charge in [0.1, 0.15) is 0 Å². The lowest BCUT2D eigenvalue weighted by molar-refractivity contribution is -0.247. The number of ether oxygens (including phenoxy) is 2. The molecule has 2 fully saturated rings. The van der Waals surface area contributed by atoms with Crippen molar-refractivity contribution in [3.63, 3.8) is 0 Å². The number of hydrogen-bond donors (Lipinski definition) is 1. The minimum Gasteiger partial charge on any atom is -0.378 e. The molecule has 114 valence electrons. The van der Waals surface area contributed by atoms with Crippen molar-refractivity contribution < 1.29 is 14.3 Å². The zero-order valence-corrected chi connectivity index (χ0v) is 12.6. The van der Waals surface area contributed by atoms with Gasteiger partial charge in [-0.2, -0.15) is 0 Å². The average Bonchev–Trinajstić information content (AvgIpc) is 2.88. The number of anilines is 2. The first-order chi connectivity index (χ1) is 10.0. The minimum absolute atomic E-state index is 0.127. The lowest BCUT2D eigenvalue weighted by atomic mass is 10.2. The van der Waals surface area contributed by atoms with Gasteiger partial charge in [-0.3, -0.25) is 4.79 Å². The summed E-state index contributed by atoms with van der Waals surface area (Å²) >= 11 is 0. The molecule has 2 heterocycles. The predicted molar refractivity (Wildman–Crippen MR) is 81.4 cm³/mol. The third kappa shape index (κ3) is 3.36. The number of carbonyl (C=O) groups excluding carboxylic acids is 1. The molecule has 0 unspecified atom stereocenters. The SMILES string of the molecule is CC1(C)OCC(Nc2cccc(N3CCCC3=O)c2)CO1. The lowest BCUT2D eigenvalue weighted by Crippen LogP contribution is -2.45. The molecule has 0 aliphatic carbocycles. The van der Waals surface area contributed by atoms with Crippen molar-refractivity contribution in [1.82, 2.24) is 0 Å². The van der Waals surface area contributed by atoms with Gasteiger partial charge >= 0.3 is 0 Å². The van der Waals surface area contributed by atoms with E-state index in [0.29, 0.717) is 19.6 Å². The van der Waals surface area contributed by atoms with E-state index >= 15 is 0 Å². The molecule has 21 heavy (non-hydrogen) atoms. The first-order valence-electron chi connectivity index (χ1n) is 7.48. The maximum absolute atomic E-state index is 11.8. The number of nitrogens with one attached hydrogen (secondary N) is 1. The monoisotopic (exact) mass is 290 g/mol. The topological polar surface area (TPSA) is 50.8 Å². The molecule has 1 aromatic rings. The van der Waals surface area contributed by atoms with Crippen molar-refractivity contribution in [2.75, 3.05) is 30.0 Å². The highest BCUT2D eigenvalue weighted by molar-refractivity contribution is 5.95. The molecule has 5 heteroatoms. The van der Waals surface area contributed by atoms with E-state index < -0.39 is 5.79 Å². The van der Waals surface area contributed by atoms with Crippen molar-refractivity contribution >= 4 is 17.3 Å². The van der Waals surface area contributed by atoms with Crippen LogP contribution < -0.4 is 10.2 Å². The van der Waals surface area contributed by atoms with E-state index in [2.05, 4.69) is 5.32 Å². The maximum Gasteiger partial charge on any atom is 0.227 e. The Morgan fingerprint density at radius 3 is 2.71 bits per heavy atom. The first kappa shape index (κ1) is 14.4. The molecule has 2 aliphatic heterocycles. The molecule has 0 radical (unpaired) electrons. The quantitative estimate of drug-likeness (QED) is 0.928. The first-order valence-corrected chi connectivity index (χ1v) is 7.48. The van der Waals surface area contributed by atoms with Crippen molar-refractivity contribution in [2.24, 2.45) is 0 Å². The van der Waals surface area contributed by atoms with Gasteiger partial charge in [0.25, 0.3) is 0 Å². The second kappa shape index (κ2) is 5.66. The zero-order chi connectivity index (χ0) is 14.9. The molecular weight excluding hydrogens is 268 g/mol. The summed E-state index contributed by atoms with van der Waals surface area (Å²) in [5, 5.41) is 3.41. The van der Waals surface area contributed by atoms with Gasteiger partial charge in [0, 0.05) is 24.3 Å². The normalized spacial score (nSPS) is 22.6. The Morgan fingerprint density at radius 2 is 2.05 bits per heavy atom. The highest BCUT2D eigenvalue weighted by Crippen LogP contribution is 2.25. The Labute approximate surface area is 125 Å². The average molecular weight is 290 g/mol. The van der Waals surface area contributed by atoms with Gasteiger partial charge in [-0.05, 0) is 38.5 Å². The van der Waals surface area contributed by atoms with E-state index in [1.807, 2.05) is 43.0 Å². The molecule has 3 rings (SSSR count).